The van der Waals surface area contributed by atoms with Crippen LogP contribution in [-0.2, 0) is 11.3 Å². The fraction of sp³-hybridized carbons (Fsp3) is 0.364. The number of carbonyl (C=O) groups excluding carboxylic acids is 1. The zero-order valence-corrected chi connectivity index (χ0v) is 10.3. The van der Waals surface area contributed by atoms with Crippen LogP contribution in [0.4, 0.5) is 13.2 Å². The number of hydrogen-bond donors (Lipinski definition) is 2. The molecule has 0 aliphatic rings. The van der Waals surface area contributed by atoms with E-state index >= 15 is 0 Å². The molecule has 0 aromatic heterocycles. The van der Waals surface area contributed by atoms with E-state index in [2.05, 4.69) is 0 Å². The van der Waals surface area contributed by atoms with Crippen LogP contribution in [0.25, 0.3) is 0 Å². The molecule has 0 saturated carbocycles. The van der Waals surface area contributed by atoms with Crippen LogP contribution in [0.15, 0.2) is 29.2 Å². The van der Waals surface area contributed by atoms with Crippen molar-refractivity contribution >= 4 is 17.7 Å². The summed E-state index contributed by atoms with van der Waals surface area (Å²) >= 11 is 1.18. The van der Waals surface area contributed by atoms with E-state index in [1.54, 1.807) is 12.1 Å². The number of nitrogens with two attached hydrogens (primary N) is 1. The Morgan fingerprint density at radius 3 is 2.39 bits per heavy atom. The van der Waals surface area contributed by atoms with Gasteiger partial charge in [-0.1, -0.05) is 12.1 Å². The van der Waals surface area contributed by atoms with E-state index in [1.165, 1.54) is 11.8 Å². The van der Waals surface area contributed by atoms with Crippen molar-refractivity contribution in [3.05, 3.63) is 29.8 Å². The van der Waals surface area contributed by atoms with E-state index in [0.29, 0.717) is 6.54 Å². The van der Waals surface area contributed by atoms with E-state index in [-0.39, 0.29) is 5.75 Å². The zero-order valence-electron chi connectivity index (χ0n) is 9.46. The van der Waals surface area contributed by atoms with E-state index in [4.69, 9.17) is 5.73 Å². The number of benzene rings is 1. The number of thioether (sulfide) groups is 1. The fourth-order valence-electron chi connectivity index (χ4n) is 1.12. The predicted molar refractivity (Wildman–Crippen MR) is 64.1 cm³/mol. The first-order valence-corrected chi connectivity index (χ1v) is 6.14. The number of nitrogens with one attached hydrogen (secondary N) is 1. The second-order valence-corrected chi connectivity index (χ2v) is 4.58. The maximum atomic E-state index is 11.8. The van der Waals surface area contributed by atoms with Crippen LogP contribution in [-0.4, -0.2) is 24.4 Å². The fourth-order valence-corrected chi connectivity index (χ4v) is 1.85. The summed E-state index contributed by atoms with van der Waals surface area (Å²) in [5.41, 5.74) is 6.38. The maximum absolute atomic E-state index is 11.8. The molecule has 0 heterocycles. The standard InChI is InChI=1S/C11H13F3N2OS/c12-11(13,14)7-16-10(17)6-18-9-3-1-8(5-15)2-4-9/h1-4H,5-7,15H2,(H,16,17). The number of rotatable bonds is 5. The average molecular weight is 278 g/mol. The van der Waals surface area contributed by atoms with Gasteiger partial charge in [-0.2, -0.15) is 13.2 Å². The van der Waals surface area contributed by atoms with Crippen LogP contribution < -0.4 is 11.1 Å². The molecular weight excluding hydrogens is 265 g/mol. The van der Waals surface area contributed by atoms with Crippen molar-refractivity contribution in [2.24, 2.45) is 5.73 Å². The normalized spacial score (nSPS) is 11.3. The van der Waals surface area contributed by atoms with Crippen molar-refractivity contribution in [1.29, 1.82) is 0 Å². The average Bonchev–Trinajstić information content (AvgIpc) is 2.33. The van der Waals surface area contributed by atoms with Crippen molar-refractivity contribution in [3.8, 4) is 0 Å². The van der Waals surface area contributed by atoms with Crippen LogP contribution in [0.2, 0.25) is 0 Å². The van der Waals surface area contributed by atoms with Crippen LogP contribution >= 0.6 is 11.8 Å². The monoisotopic (exact) mass is 278 g/mol. The highest BCUT2D eigenvalue weighted by molar-refractivity contribution is 8.00. The topological polar surface area (TPSA) is 55.1 Å². The molecule has 0 radical (unpaired) electrons. The Hall–Kier alpha value is -1.21. The quantitative estimate of drug-likeness (QED) is 0.809. The molecule has 1 rings (SSSR count). The van der Waals surface area contributed by atoms with Gasteiger partial charge in [0.1, 0.15) is 6.54 Å². The minimum absolute atomic E-state index is 0.0436. The van der Waals surface area contributed by atoms with Gasteiger partial charge in [-0.25, -0.2) is 0 Å². The molecule has 0 aliphatic heterocycles. The SMILES string of the molecule is NCc1ccc(SCC(=O)NCC(F)(F)F)cc1. The molecule has 0 unspecified atom stereocenters. The van der Waals surface area contributed by atoms with E-state index in [1.807, 2.05) is 17.4 Å². The van der Waals surface area contributed by atoms with Gasteiger partial charge in [0.15, 0.2) is 0 Å². The number of hydrogen-bond acceptors (Lipinski definition) is 3. The Kier molecular flexibility index (Phi) is 5.49. The van der Waals surface area contributed by atoms with Gasteiger partial charge in [0.25, 0.3) is 0 Å². The van der Waals surface area contributed by atoms with E-state index in [9.17, 15) is 18.0 Å². The molecule has 18 heavy (non-hydrogen) atoms. The number of amides is 1. The van der Waals surface area contributed by atoms with Crippen LogP contribution in [0.3, 0.4) is 0 Å². The summed E-state index contributed by atoms with van der Waals surface area (Å²) in [6, 6.07) is 7.19. The van der Waals surface area contributed by atoms with Gasteiger partial charge in [0, 0.05) is 11.4 Å². The third kappa shape index (κ3) is 5.92. The van der Waals surface area contributed by atoms with Crippen molar-refractivity contribution in [2.45, 2.75) is 17.6 Å². The van der Waals surface area contributed by atoms with Gasteiger partial charge >= 0.3 is 6.18 Å². The summed E-state index contributed by atoms with van der Waals surface area (Å²) in [6.07, 6.45) is -4.37. The minimum Gasteiger partial charge on any atom is -0.346 e. The molecule has 0 saturated heterocycles. The zero-order chi connectivity index (χ0) is 13.6. The molecule has 0 bridgehead atoms. The van der Waals surface area contributed by atoms with Gasteiger partial charge in [-0.15, -0.1) is 11.8 Å². The summed E-state index contributed by atoms with van der Waals surface area (Å²) in [6.45, 7) is -0.866. The highest BCUT2D eigenvalue weighted by atomic mass is 32.2. The lowest BCUT2D eigenvalue weighted by atomic mass is 10.2. The molecule has 1 aromatic carbocycles. The Bertz CT molecular complexity index is 392. The molecule has 1 amide bonds. The lowest BCUT2D eigenvalue weighted by Crippen LogP contribution is -2.34. The lowest BCUT2D eigenvalue weighted by molar-refractivity contribution is -0.136. The van der Waals surface area contributed by atoms with Gasteiger partial charge in [0.05, 0.1) is 5.75 Å². The van der Waals surface area contributed by atoms with Gasteiger partial charge in [-0.05, 0) is 17.7 Å². The number of alkyl halides is 3. The molecule has 7 heteroatoms. The van der Waals surface area contributed by atoms with E-state index < -0.39 is 18.6 Å². The molecule has 0 spiro atoms. The van der Waals surface area contributed by atoms with E-state index in [0.717, 1.165) is 10.5 Å². The highest BCUT2D eigenvalue weighted by Gasteiger charge is 2.27. The van der Waals surface area contributed by atoms with Crippen molar-refractivity contribution in [3.63, 3.8) is 0 Å². The minimum atomic E-state index is -4.37. The Labute approximate surface area is 107 Å². The molecule has 0 aliphatic carbocycles. The smallest absolute Gasteiger partial charge is 0.346 e. The Morgan fingerprint density at radius 1 is 1.28 bits per heavy atom. The van der Waals surface area contributed by atoms with Crippen molar-refractivity contribution < 1.29 is 18.0 Å². The first-order chi connectivity index (χ1) is 8.40. The largest absolute Gasteiger partial charge is 0.405 e. The van der Waals surface area contributed by atoms with Gasteiger partial charge < -0.3 is 11.1 Å². The Morgan fingerprint density at radius 2 is 1.89 bits per heavy atom. The van der Waals surface area contributed by atoms with Gasteiger partial charge in [-0.3, -0.25) is 4.79 Å². The molecule has 1 aromatic rings. The molecule has 3 N–H and O–H groups in total. The second-order valence-electron chi connectivity index (χ2n) is 3.53. The maximum Gasteiger partial charge on any atom is 0.405 e. The summed E-state index contributed by atoms with van der Waals surface area (Å²) < 4.78 is 35.5. The van der Waals surface area contributed by atoms with Crippen LogP contribution in [0.1, 0.15) is 5.56 Å². The molecule has 3 nitrogen and oxygen atoms in total. The second kappa shape index (κ2) is 6.65. The Balaban J connectivity index is 2.33. The van der Waals surface area contributed by atoms with Crippen LogP contribution in [0, 0.1) is 0 Å². The third-order valence-corrected chi connectivity index (χ3v) is 3.03. The third-order valence-electron chi connectivity index (χ3n) is 2.01. The highest BCUT2D eigenvalue weighted by Crippen LogP contribution is 2.18. The predicted octanol–water partition coefficient (Wildman–Crippen LogP) is 1.92. The molecule has 0 fully saturated rings. The first kappa shape index (κ1) is 14.8. The molecular formula is C11H13F3N2OS. The number of carbonyl (C=O) groups is 1. The van der Waals surface area contributed by atoms with Crippen molar-refractivity contribution in [1.82, 2.24) is 5.32 Å². The summed E-state index contributed by atoms with van der Waals surface area (Å²) in [5.74, 6) is -0.682. The van der Waals surface area contributed by atoms with Crippen molar-refractivity contribution in [2.75, 3.05) is 12.3 Å². The molecule has 100 valence electrons. The van der Waals surface area contributed by atoms with Gasteiger partial charge in [0.2, 0.25) is 5.91 Å². The summed E-state index contributed by atoms with van der Waals surface area (Å²) in [7, 11) is 0. The lowest BCUT2D eigenvalue weighted by Gasteiger charge is -2.08. The summed E-state index contributed by atoms with van der Waals surface area (Å²) in [5, 5.41) is 1.81. The summed E-state index contributed by atoms with van der Waals surface area (Å²) in [4.78, 5) is 11.9. The number of halogens is 3. The van der Waals surface area contributed by atoms with Crippen LogP contribution in [0.5, 0.6) is 0 Å². The first-order valence-electron chi connectivity index (χ1n) is 5.16. The molecule has 0 atom stereocenters.